The maximum Gasteiger partial charge on any atom is 0.229 e. The molecule has 0 unspecified atom stereocenters. The molecule has 3 aromatic carbocycles. The van der Waals surface area contributed by atoms with Gasteiger partial charge in [-0.2, -0.15) is 0 Å². The van der Waals surface area contributed by atoms with Crippen LogP contribution >= 0.6 is 34.7 Å². The Morgan fingerprint density at radius 1 is 1.12 bits per heavy atom. The van der Waals surface area contributed by atoms with Crippen LogP contribution in [0.25, 0.3) is 10.2 Å². The number of nitrogens with zero attached hydrogens (tertiary/aromatic N) is 2. The third-order valence-electron chi connectivity index (χ3n) is 4.97. The smallest absolute Gasteiger partial charge is 0.229 e. The van der Waals surface area contributed by atoms with E-state index in [4.69, 9.17) is 16.6 Å². The maximum absolute atomic E-state index is 13.2. The van der Waals surface area contributed by atoms with Crippen molar-refractivity contribution in [3.8, 4) is 0 Å². The van der Waals surface area contributed by atoms with Gasteiger partial charge in [-0.1, -0.05) is 53.3 Å². The van der Waals surface area contributed by atoms with Crippen LogP contribution in [0, 0.1) is 12.7 Å². The van der Waals surface area contributed by atoms with Gasteiger partial charge in [0.05, 0.1) is 16.8 Å². The first-order valence-electron chi connectivity index (χ1n) is 10.3. The maximum atomic E-state index is 13.2. The van der Waals surface area contributed by atoms with Crippen molar-refractivity contribution in [3.05, 3.63) is 88.7 Å². The third kappa shape index (κ3) is 5.68. The van der Waals surface area contributed by atoms with Crippen LogP contribution in [0.2, 0.25) is 5.02 Å². The van der Waals surface area contributed by atoms with Crippen molar-refractivity contribution in [2.75, 3.05) is 10.7 Å². The number of thiazole rings is 1. The summed E-state index contributed by atoms with van der Waals surface area (Å²) in [4.78, 5) is 20.8. The molecule has 0 aliphatic rings. The molecule has 0 aliphatic heterocycles. The molecule has 7 heteroatoms. The molecule has 0 bridgehead atoms. The van der Waals surface area contributed by atoms with Gasteiger partial charge in [-0.15, -0.1) is 11.8 Å². The average molecular weight is 485 g/mol. The van der Waals surface area contributed by atoms with Gasteiger partial charge in [0.15, 0.2) is 5.13 Å². The monoisotopic (exact) mass is 484 g/mol. The van der Waals surface area contributed by atoms with Crippen LogP contribution in [-0.4, -0.2) is 16.6 Å². The van der Waals surface area contributed by atoms with Crippen molar-refractivity contribution < 1.29 is 9.18 Å². The Kier molecular flexibility index (Phi) is 7.45. The van der Waals surface area contributed by atoms with Gasteiger partial charge in [0, 0.05) is 16.3 Å². The highest BCUT2D eigenvalue weighted by Crippen LogP contribution is 2.34. The summed E-state index contributed by atoms with van der Waals surface area (Å²) in [7, 11) is 0. The van der Waals surface area contributed by atoms with E-state index in [2.05, 4.69) is 0 Å². The Morgan fingerprint density at radius 3 is 2.62 bits per heavy atom. The number of halogens is 2. The lowest BCUT2D eigenvalue weighted by molar-refractivity contribution is -0.118. The molecule has 0 saturated carbocycles. The highest BCUT2D eigenvalue weighted by molar-refractivity contribution is 7.99. The van der Waals surface area contributed by atoms with Gasteiger partial charge < -0.3 is 0 Å². The summed E-state index contributed by atoms with van der Waals surface area (Å²) in [5, 5.41) is 1.36. The standard InChI is InChI=1S/C25H22ClFN2OS2/c1-17-14-19(26)15-22-24(17)28-25(32-22)29(16-18-6-3-2-4-7-18)23(30)8-5-13-31-21-11-9-20(27)10-12-21/h2-4,6-7,9-12,14-15H,5,8,13,16H2,1H3. The van der Waals surface area contributed by atoms with Gasteiger partial charge >= 0.3 is 0 Å². The predicted molar refractivity (Wildman–Crippen MR) is 133 cm³/mol. The van der Waals surface area contributed by atoms with Crippen molar-refractivity contribution in [1.82, 2.24) is 4.98 Å². The number of aryl methyl sites for hydroxylation is 1. The van der Waals surface area contributed by atoms with Crippen molar-refractivity contribution in [3.63, 3.8) is 0 Å². The van der Waals surface area contributed by atoms with Crippen LogP contribution in [0.1, 0.15) is 24.0 Å². The molecular weight excluding hydrogens is 463 g/mol. The van der Waals surface area contributed by atoms with E-state index in [-0.39, 0.29) is 11.7 Å². The summed E-state index contributed by atoms with van der Waals surface area (Å²) in [5.74, 6) is 0.579. The summed E-state index contributed by atoms with van der Waals surface area (Å²) in [6.07, 6.45) is 1.14. The van der Waals surface area contributed by atoms with Gasteiger partial charge in [-0.05, 0) is 66.6 Å². The summed E-state index contributed by atoms with van der Waals surface area (Å²) in [5.41, 5.74) is 2.93. The highest BCUT2D eigenvalue weighted by atomic mass is 35.5. The molecule has 1 aromatic heterocycles. The first-order valence-corrected chi connectivity index (χ1v) is 12.5. The number of fused-ring (bicyclic) bond motifs is 1. The number of rotatable bonds is 8. The fourth-order valence-electron chi connectivity index (χ4n) is 3.37. The summed E-state index contributed by atoms with van der Waals surface area (Å²) in [6, 6.07) is 20.2. The Hall–Kier alpha value is -2.41. The molecule has 4 aromatic rings. The van der Waals surface area contributed by atoms with Crippen LogP contribution in [0.15, 0.2) is 71.6 Å². The van der Waals surface area contributed by atoms with Gasteiger partial charge in [0.1, 0.15) is 5.82 Å². The second kappa shape index (κ2) is 10.5. The number of aromatic nitrogens is 1. The van der Waals surface area contributed by atoms with E-state index in [0.29, 0.717) is 23.1 Å². The van der Waals surface area contributed by atoms with Gasteiger partial charge in [0.2, 0.25) is 5.91 Å². The second-order valence-corrected chi connectivity index (χ2v) is 10.1. The lowest BCUT2D eigenvalue weighted by Gasteiger charge is -2.20. The molecule has 1 amide bonds. The number of thioether (sulfide) groups is 1. The number of benzene rings is 3. The van der Waals surface area contributed by atoms with E-state index >= 15 is 0 Å². The largest absolute Gasteiger partial charge is 0.284 e. The van der Waals surface area contributed by atoms with Gasteiger partial charge in [0.25, 0.3) is 0 Å². The SMILES string of the molecule is Cc1cc(Cl)cc2sc(N(Cc3ccccc3)C(=O)CCCSc3ccc(F)cc3)nc12. The molecule has 3 nitrogen and oxygen atoms in total. The van der Waals surface area contributed by atoms with E-state index in [1.807, 2.05) is 49.4 Å². The van der Waals surface area contributed by atoms with E-state index in [1.165, 1.54) is 23.5 Å². The van der Waals surface area contributed by atoms with Crippen molar-refractivity contribution in [1.29, 1.82) is 0 Å². The number of hydrogen-bond donors (Lipinski definition) is 0. The fourth-order valence-corrected chi connectivity index (χ4v) is 5.66. The van der Waals surface area contributed by atoms with Crippen LogP contribution in [0.5, 0.6) is 0 Å². The number of carbonyl (C=O) groups excluding carboxylic acids is 1. The first kappa shape index (κ1) is 22.8. The van der Waals surface area contributed by atoms with Crippen molar-refractivity contribution >= 4 is 56.0 Å². The molecule has 164 valence electrons. The average Bonchev–Trinajstić information content (AvgIpc) is 3.21. The summed E-state index contributed by atoms with van der Waals surface area (Å²) < 4.78 is 14.0. The normalized spacial score (nSPS) is 11.1. The molecule has 0 N–H and O–H groups in total. The number of amides is 1. The number of carbonyl (C=O) groups is 1. The van der Waals surface area contributed by atoms with E-state index in [0.717, 1.165) is 38.4 Å². The summed E-state index contributed by atoms with van der Waals surface area (Å²) in [6.45, 7) is 2.45. The molecule has 1 heterocycles. The Morgan fingerprint density at radius 2 is 1.88 bits per heavy atom. The molecule has 0 radical (unpaired) electrons. The van der Waals surface area contributed by atoms with Crippen molar-refractivity contribution in [2.24, 2.45) is 0 Å². The van der Waals surface area contributed by atoms with Crippen LogP contribution in [0.3, 0.4) is 0 Å². The lowest BCUT2D eigenvalue weighted by Crippen LogP contribution is -2.30. The molecule has 0 atom stereocenters. The lowest BCUT2D eigenvalue weighted by atomic mass is 10.2. The number of anilines is 1. The first-order chi connectivity index (χ1) is 15.5. The minimum atomic E-state index is -0.242. The van der Waals surface area contributed by atoms with E-state index in [9.17, 15) is 9.18 Å². The fraction of sp³-hybridized carbons (Fsp3) is 0.200. The zero-order chi connectivity index (χ0) is 22.5. The topological polar surface area (TPSA) is 33.2 Å². The van der Waals surface area contributed by atoms with E-state index < -0.39 is 0 Å². The quantitative estimate of drug-likeness (QED) is 0.192. The number of hydrogen-bond acceptors (Lipinski definition) is 4. The third-order valence-corrected chi connectivity index (χ3v) is 7.31. The molecule has 0 fully saturated rings. The molecule has 0 spiro atoms. The molecule has 0 saturated heterocycles. The van der Waals surface area contributed by atoms with Crippen LogP contribution < -0.4 is 4.90 Å². The highest BCUT2D eigenvalue weighted by Gasteiger charge is 2.20. The Balaban J connectivity index is 1.49. The minimum Gasteiger partial charge on any atom is -0.284 e. The second-order valence-electron chi connectivity index (χ2n) is 7.44. The molecule has 32 heavy (non-hydrogen) atoms. The van der Waals surface area contributed by atoms with Gasteiger partial charge in [-0.3, -0.25) is 9.69 Å². The van der Waals surface area contributed by atoms with Crippen LogP contribution in [0.4, 0.5) is 9.52 Å². The molecule has 0 aliphatic carbocycles. The predicted octanol–water partition coefficient (Wildman–Crippen LogP) is 7.50. The minimum absolute atomic E-state index is 0.0383. The van der Waals surface area contributed by atoms with Crippen LogP contribution in [-0.2, 0) is 11.3 Å². The molecular formula is C25H22ClFN2OS2. The Bertz CT molecular complexity index is 1210. The van der Waals surface area contributed by atoms with Crippen molar-refractivity contribution in [2.45, 2.75) is 31.2 Å². The van der Waals surface area contributed by atoms with E-state index in [1.54, 1.807) is 28.8 Å². The summed E-state index contributed by atoms with van der Waals surface area (Å²) >= 11 is 9.34. The zero-order valence-corrected chi connectivity index (χ0v) is 19.9. The van der Waals surface area contributed by atoms with Gasteiger partial charge in [-0.25, -0.2) is 9.37 Å². The molecule has 4 rings (SSSR count). The zero-order valence-electron chi connectivity index (χ0n) is 17.6. The Labute approximate surface area is 200 Å².